The van der Waals surface area contributed by atoms with Crippen LogP contribution in [0.15, 0.2) is 54.6 Å². The van der Waals surface area contributed by atoms with E-state index in [1.54, 1.807) is 56.3 Å². The fourth-order valence-electron chi connectivity index (χ4n) is 4.59. The van der Waals surface area contributed by atoms with Gasteiger partial charge < -0.3 is 14.6 Å². The first-order valence-corrected chi connectivity index (χ1v) is 12.9. The van der Waals surface area contributed by atoms with Crippen LogP contribution in [0.4, 0.5) is 8.78 Å². The molecule has 4 aromatic rings. The smallest absolute Gasteiger partial charge is 0.210 e. The number of alkyl halides is 1. The summed E-state index contributed by atoms with van der Waals surface area (Å²) in [6.07, 6.45) is 0.604. The lowest BCUT2D eigenvalue weighted by Gasteiger charge is -2.38. The van der Waals surface area contributed by atoms with Gasteiger partial charge in [0.15, 0.2) is 5.75 Å². The Balaban J connectivity index is 1.39. The molecule has 0 atom stereocenters. The molecule has 0 bridgehead atoms. The second-order valence-corrected chi connectivity index (χ2v) is 10.4. The average Bonchev–Trinajstić information content (AvgIpc) is 3.18. The molecular weight excluding hydrogens is 496 g/mol. The van der Waals surface area contributed by atoms with E-state index >= 15 is 0 Å². The molecule has 1 saturated heterocycles. The summed E-state index contributed by atoms with van der Waals surface area (Å²) in [6, 6.07) is 15.0. The summed E-state index contributed by atoms with van der Waals surface area (Å²) in [6.45, 7) is 5.46. The van der Waals surface area contributed by atoms with Crippen LogP contribution in [-0.2, 0) is 0 Å². The number of ether oxygens (including phenoxy) is 2. The lowest BCUT2D eigenvalue weighted by Crippen LogP contribution is -2.53. The number of carbonyl (C=O) groups is 1. The average molecular weight is 524 g/mol. The lowest BCUT2D eigenvalue weighted by atomic mass is 10.00. The summed E-state index contributed by atoms with van der Waals surface area (Å²) in [5.74, 6) is 0.533. The number of rotatable bonds is 9. The number of ketones is 1. The molecule has 0 amide bonds. The van der Waals surface area contributed by atoms with Crippen molar-refractivity contribution in [3.8, 4) is 23.0 Å². The Bertz CT molecular complexity index is 1420. The SMILES string of the molecule is Cc1cc(C)c(C(=O)c2sc3cc(O)ccc3c2Oc2ccc(OC3CN(CCCF)C3)cc2)c(F)c1. The van der Waals surface area contributed by atoms with Gasteiger partial charge >= 0.3 is 0 Å². The van der Waals surface area contributed by atoms with E-state index in [-0.39, 0.29) is 29.0 Å². The number of likely N-dealkylation sites (tertiary alicyclic amines) is 1. The highest BCUT2D eigenvalue weighted by Crippen LogP contribution is 2.43. The van der Waals surface area contributed by atoms with E-state index in [4.69, 9.17) is 9.47 Å². The third-order valence-electron chi connectivity index (χ3n) is 6.37. The number of phenols is 1. The van der Waals surface area contributed by atoms with E-state index < -0.39 is 11.6 Å². The Morgan fingerprint density at radius 1 is 1.08 bits per heavy atom. The zero-order chi connectivity index (χ0) is 26.1. The number of hydrogen-bond acceptors (Lipinski definition) is 6. The topological polar surface area (TPSA) is 59.0 Å². The van der Waals surface area contributed by atoms with Crippen molar-refractivity contribution in [2.75, 3.05) is 26.3 Å². The fourth-order valence-corrected chi connectivity index (χ4v) is 5.70. The van der Waals surface area contributed by atoms with E-state index in [0.29, 0.717) is 39.3 Å². The minimum Gasteiger partial charge on any atom is -0.508 e. The predicted octanol–water partition coefficient (Wildman–Crippen LogP) is 6.81. The van der Waals surface area contributed by atoms with Crippen LogP contribution in [0.5, 0.6) is 23.0 Å². The standard InChI is InChI=1S/C29H27F2NO4S/c1-17-12-18(2)26(24(31)13-17)27(34)29-28(23-9-4-19(33)14-25(23)37-29)36-21-7-5-20(6-8-21)35-22-15-32(16-22)11-3-10-30/h4-9,12-14,22,33H,3,10-11,15-16H2,1-2H3. The van der Waals surface area contributed by atoms with E-state index in [0.717, 1.165) is 36.5 Å². The number of hydrogen-bond donors (Lipinski definition) is 1. The summed E-state index contributed by atoms with van der Waals surface area (Å²) < 4.78 is 40.0. The number of carbonyl (C=O) groups excluding carboxylic acids is 1. The van der Waals surface area contributed by atoms with Crippen molar-refractivity contribution >= 4 is 27.2 Å². The molecule has 1 fully saturated rings. The van der Waals surface area contributed by atoms with Gasteiger partial charge in [0.25, 0.3) is 0 Å². The third kappa shape index (κ3) is 5.31. The van der Waals surface area contributed by atoms with Gasteiger partial charge in [0, 0.05) is 29.7 Å². The van der Waals surface area contributed by atoms with Gasteiger partial charge in [0.1, 0.15) is 34.0 Å². The first-order chi connectivity index (χ1) is 17.8. The van der Waals surface area contributed by atoms with Crippen molar-refractivity contribution in [1.29, 1.82) is 0 Å². The number of benzene rings is 3. The molecule has 192 valence electrons. The molecule has 0 spiro atoms. The molecule has 3 aromatic carbocycles. The number of aryl methyl sites for hydroxylation is 2. The first-order valence-electron chi connectivity index (χ1n) is 12.1. The highest BCUT2D eigenvalue weighted by atomic mass is 32.1. The molecule has 0 radical (unpaired) electrons. The predicted molar refractivity (Wildman–Crippen MR) is 141 cm³/mol. The van der Waals surface area contributed by atoms with E-state index in [1.807, 2.05) is 0 Å². The molecule has 8 heteroatoms. The van der Waals surface area contributed by atoms with Crippen LogP contribution in [0.1, 0.15) is 32.8 Å². The largest absolute Gasteiger partial charge is 0.508 e. The Kier molecular flexibility index (Phi) is 7.13. The van der Waals surface area contributed by atoms with Crippen molar-refractivity contribution in [3.05, 3.63) is 82.0 Å². The van der Waals surface area contributed by atoms with Gasteiger partial charge in [0.2, 0.25) is 5.78 Å². The monoisotopic (exact) mass is 523 g/mol. The zero-order valence-corrected chi connectivity index (χ0v) is 21.4. The maximum atomic E-state index is 14.9. The van der Waals surface area contributed by atoms with Gasteiger partial charge in [-0.05, 0) is 79.9 Å². The Morgan fingerprint density at radius 2 is 1.81 bits per heavy atom. The lowest BCUT2D eigenvalue weighted by molar-refractivity contribution is 0.0184. The summed E-state index contributed by atoms with van der Waals surface area (Å²) in [5.41, 5.74) is 1.30. The van der Waals surface area contributed by atoms with Gasteiger partial charge in [-0.25, -0.2) is 4.39 Å². The Morgan fingerprint density at radius 3 is 2.51 bits per heavy atom. The van der Waals surface area contributed by atoms with Gasteiger partial charge in [-0.15, -0.1) is 11.3 Å². The van der Waals surface area contributed by atoms with Gasteiger partial charge in [-0.2, -0.15) is 0 Å². The van der Waals surface area contributed by atoms with Crippen molar-refractivity contribution in [1.82, 2.24) is 4.90 Å². The van der Waals surface area contributed by atoms with Crippen molar-refractivity contribution < 1.29 is 28.2 Å². The normalized spacial score (nSPS) is 14.1. The minimum absolute atomic E-state index is 0.0102. The summed E-state index contributed by atoms with van der Waals surface area (Å²) in [7, 11) is 0. The zero-order valence-electron chi connectivity index (χ0n) is 20.6. The highest BCUT2D eigenvalue weighted by Gasteiger charge is 2.28. The molecule has 1 N–H and O–H groups in total. The van der Waals surface area contributed by atoms with Crippen LogP contribution in [-0.4, -0.2) is 48.2 Å². The molecule has 1 aromatic heterocycles. The second-order valence-electron chi connectivity index (χ2n) is 9.32. The number of halogens is 2. The second kappa shape index (κ2) is 10.5. The van der Waals surface area contributed by atoms with Crippen LogP contribution in [0, 0.1) is 19.7 Å². The maximum absolute atomic E-state index is 14.9. The molecule has 37 heavy (non-hydrogen) atoms. The molecule has 5 nitrogen and oxygen atoms in total. The Hall–Kier alpha value is -3.49. The summed E-state index contributed by atoms with van der Waals surface area (Å²) in [5, 5.41) is 10.6. The first kappa shape index (κ1) is 25.2. The highest BCUT2D eigenvalue weighted by molar-refractivity contribution is 7.21. The molecule has 5 rings (SSSR count). The van der Waals surface area contributed by atoms with Crippen LogP contribution in [0.25, 0.3) is 10.1 Å². The van der Waals surface area contributed by atoms with E-state index in [9.17, 15) is 18.7 Å². The van der Waals surface area contributed by atoms with Crippen LogP contribution in [0.2, 0.25) is 0 Å². The summed E-state index contributed by atoms with van der Waals surface area (Å²) >= 11 is 1.16. The van der Waals surface area contributed by atoms with Crippen LogP contribution in [0.3, 0.4) is 0 Å². The fraction of sp³-hybridized carbons (Fsp3) is 0.276. The molecule has 1 aliphatic rings. The minimum atomic E-state index is -0.575. The van der Waals surface area contributed by atoms with Gasteiger partial charge in [-0.3, -0.25) is 14.1 Å². The van der Waals surface area contributed by atoms with E-state index in [2.05, 4.69) is 4.90 Å². The molecule has 1 aliphatic heterocycles. The maximum Gasteiger partial charge on any atom is 0.210 e. The number of fused-ring (bicyclic) bond motifs is 1. The number of thiophene rings is 1. The quantitative estimate of drug-likeness (QED) is 0.244. The number of phenolic OH excluding ortho intramolecular Hbond substituents is 1. The van der Waals surface area contributed by atoms with Crippen LogP contribution >= 0.6 is 11.3 Å². The van der Waals surface area contributed by atoms with E-state index in [1.165, 1.54) is 12.1 Å². The molecule has 0 aliphatic carbocycles. The number of aromatic hydroxyl groups is 1. The van der Waals surface area contributed by atoms with Crippen molar-refractivity contribution in [2.24, 2.45) is 0 Å². The Labute approximate surface area is 217 Å². The molecule has 2 heterocycles. The molecular formula is C29H27F2NO4S. The molecule has 0 unspecified atom stereocenters. The summed E-state index contributed by atoms with van der Waals surface area (Å²) in [4.78, 5) is 16.0. The van der Waals surface area contributed by atoms with Gasteiger partial charge in [0.05, 0.1) is 12.2 Å². The third-order valence-corrected chi connectivity index (χ3v) is 7.50. The van der Waals surface area contributed by atoms with Crippen molar-refractivity contribution in [3.63, 3.8) is 0 Å². The van der Waals surface area contributed by atoms with Crippen molar-refractivity contribution in [2.45, 2.75) is 26.4 Å². The van der Waals surface area contributed by atoms with Crippen LogP contribution < -0.4 is 9.47 Å². The number of nitrogens with zero attached hydrogens (tertiary/aromatic N) is 1. The van der Waals surface area contributed by atoms with Gasteiger partial charge in [-0.1, -0.05) is 6.07 Å². The molecule has 0 saturated carbocycles.